The summed E-state index contributed by atoms with van der Waals surface area (Å²) in [6, 6.07) is 2.11. The van der Waals surface area contributed by atoms with Gasteiger partial charge in [-0.2, -0.15) is 0 Å². The molecule has 0 saturated heterocycles. The number of fused-ring (bicyclic) bond motifs is 1. The number of thiophene rings is 1. The van der Waals surface area contributed by atoms with Gasteiger partial charge in [-0.15, -0.1) is 11.3 Å². The third-order valence-electron chi connectivity index (χ3n) is 4.50. The van der Waals surface area contributed by atoms with Crippen LogP contribution in [0.1, 0.15) is 50.2 Å². The maximum atomic E-state index is 6.41. The molecule has 2 aromatic rings. The van der Waals surface area contributed by atoms with Crippen molar-refractivity contribution in [3.05, 3.63) is 21.9 Å². The molecule has 0 N–H and O–H groups in total. The van der Waals surface area contributed by atoms with E-state index in [0.29, 0.717) is 11.1 Å². The fourth-order valence-corrected chi connectivity index (χ4v) is 4.54. The van der Waals surface area contributed by atoms with Crippen LogP contribution < -0.4 is 0 Å². The van der Waals surface area contributed by atoms with E-state index in [2.05, 4.69) is 24.9 Å². The minimum Gasteiger partial charge on any atom is -0.370 e. The van der Waals surface area contributed by atoms with Gasteiger partial charge in [-0.1, -0.05) is 31.9 Å². The van der Waals surface area contributed by atoms with Crippen LogP contribution in [0.3, 0.4) is 0 Å². The summed E-state index contributed by atoms with van der Waals surface area (Å²) in [7, 11) is 1.77. The molecule has 2 aromatic heterocycles. The number of halogens is 1. The lowest BCUT2D eigenvalue weighted by Crippen LogP contribution is -2.36. The number of aryl methyl sites for hydroxylation is 1. The highest BCUT2D eigenvalue weighted by atomic mass is 35.5. The van der Waals surface area contributed by atoms with Gasteiger partial charge >= 0.3 is 0 Å². The summed E-state index contributed by atoms with van der Waals surface area (Å²) in [5.74, 6) is 1.39. The summed E-state index contributed by atoms with van der Waals surface area (Å²) >= 11 is 8.12. The summed E-state index contributed by atoms with van der Waals surface area (Å²) in [5, 5.41) is 1.53. The van der Waals surface area contributed by atoms with Gasteiger partial charge in [0, 0.05) is 17.4 Å². The second kappa shape index (κ2) is 5.82. The highest BCUT2D eigenvalue weighted by Crippen LogP contribution is 2.42. The second-order valence-electron chi connectivity index (χ2n) is 6.02. The van der Waals surface area contributed by atoms with E-state index in [-0.39, 0.29) is 5.60 Å². The molecule has 21 heavy (non-hydrogen) atoms. The SMILES string of the molecule is CCc1cc2c(Cl)nc(C3(OC)CCCC(C)C3)nc2s1. The first-order valence-corrected chi connectivity index (χ1v) is 8.79. The van der Waals surface area contributed by atoms with E-state index < -0.39 is 0 Å². The van der Waals surface area contributed by atoms with Crippen LogP contribution in [0.25, 0.3) is 10.2 Å². The molecular formula is C16H21ClN2OS. The lowest BCUT2D eigenvalue weighted by molar-refractivity contribution is -0.0643. The predicted molar refractivity (Wildman–Crippen MR) is 88.1 cm³/mol. The first-order chi connectivity index (χ1) is 10.1. The summed E-state index contributed by atoms with van der Waals surface area (Å²) < 4.78 is 5.89. The van der Waals surface area contributed by atoms with Crippen molar-refractivity contribution in [1.29, 1.82) is 0 Å². The number of hydrogen-bond donors (Lipinski definition) is 0. The molecule has 0 spiro atoms. The number of aromatic nitrogens is 2. The summed E-state index contributed by atoms with van der Waals surface area (Å²) in [5.41, 5.74) is -0.369. The molecule has 0 aliphatic heterocycles. The Morgan fingerprint density at radius 1 is 1.48 bits per heavy atom. The average molecular weight is 325 g/mol. The fraction of sp³-hybridized carbons (Fsp3) is 0.625. The molecule has 2 atom stereocenters. The quantitative estimate of drug-likeness (QED) is 0.748. The monoisotopic (exact) mass is 324 g/mol. The van der Waals surface area contributed by atoms with Crippen LogP contribution in [0.4, 0.5) is 0 Å². The minimum atomic E-state index is -0.369. The normalized spacial score (nSPS) is 26.4. The first kappa shape index (κ1) is 15.2. The first-order valence-electron chi connectivity index (χ1n) is 7.59. The molecule has 0 amide bonds. The maximum absolute atomic E-state index is 6.41. The number of hydrogen-bond acceptors (Lipinski definition) is 4. The van der Waals surface area contributed by atoms with Crippen LogP contribution >= 0.6 is 22.9 Å². The van der Waals surface area contributed by atoms with Crippen molar-refractivity contribution in [2.24, 2.45) is 5.92 Å². The van der Waals surface area contributed by atoms with E-state index >= 15 is 0 Å². The van der Waals surface area contributed by atoms with Gasteiger partial charge in [0.15, 0.2) is 5.82 Å². The predicted octanol–water partition coefficient (Wildman–Crippen LogP) is 4.96. The van der Waals surface area contributed by atoms with E-state index in [1.165, 1.54) is 11.3 Å². The number of rotatable bonds is 3. The van der Waals surface area contributed by atoms with E-state index in [0.717, 1.165) is 41.7 Å². The largest absolute Gasteiger partial charge is 0.370 e. The molecule has 1 aliphatic rings. The van der Waals surface area contributed by atoms with Gasteiger partial charge in [0.2, 0.25) is 0 Å². The Morgan fingerprint density at radius 2 is 2.29 bits per heavy atom. The lowest BCUT2D eigenvalue weighted by Gasteiger charge is -2.37. The van der Waals surface area contributed by atoms with E-state index in [4.69, 9.17) is 21.3 Å². The number of nitrogens with zero attached hydrogens (tertiary/aromatic N) is 2. The highest BCUT2D eigenvalue weighted by Gasteiger charge is 2.40. The van der Waals surface area contributed by atoms with Crippen molar-refractivity contribution in [3.63, 3.8) is 0 Å². The Kier molecular flexibility index (Phi) is 4.21. The lowest BCUT2D eigenvalue weighted by atomic mass is 9.78. The zero-order valence-electron chi connectivity index (χ0n) is 12.8. The van der Waals surface area contributed by atoms with E-state index in [1.807, 2.05) is 0 Å². The van der Waals surface area contributed by atoms with Crippen LogP contribution in [-0.4, -0.2) is 17.1 Å². The van der Waals surface area contributed by atoms with Gasteiger partial charge in [-0.05, 0) is 37.7 Å². The Hall–Kier alpha value is -0.710. The Balaban J connectivity index is 2.10. The average Bonchev–Trinajstić information content (AvgIpc) is 2.91. The van der Waals surface area contributed by atoms with Crippen molar-refractivity contribution in [2.45, 2.75) is 51.6 Å². The Labute approximate surface area is 134 Å². The van der Waals surface area contributed by atoms with Gasteiger partial charge in [0.25, 0.3) is 0 Å². The van der Waals surface area contributed by atoms with E-state index in [1.54, 1.807) is 18.4 Å². The molecular weight excluding hydrogens is 304 g/mol. The van der Waals surface area contributed by atoms with Gasteiger partial charge < -0.3 is 4.74 Å². The van der Waals surface area contributed by atoms with Crippen LogP contribution in [0.5, 0.6) is 0 Å². The third kappa shape index (κ3) is 2.69. The molecule has 2 unspecified atom stereocenters. The van der Waals surface area contributed by atoms with Crippen molar-refractivity contribution in [2.75, 3.05) is 7.11 Å². The molecule has 3 rings (SSSR count). The standard InChI is InChI=1S/C16H21ClN2OS/c1-4-11-8-12-13(17)18-15(19-14(12)21-11)16(20-3)7-5-6-10(2)9-16/h8,10H,4-7,9H2,1-3H3. The summed E-state index contributed by atoms with van der Waals surface area (Å²) in [6.45, 7) is 4.42. The summed E-state index contributed by atoms with van der Waals surface area (Å²) in [6.07, 6.45) is 5.34. The molecule has 0 bridgehead atoms. The zero-order chi connectivity index (χ0) is 15.0. The smallest absolute Gasteiger partial charge is 0.163 e. The van der Waals surface area contributed by atoms with Gasteiger partial charge in [-0.25, -0.2) is 9.97 Å². The van der Waals surface area contributed by atoms with Crippen molar-refractivity contribution in [1.82, 2.24) is 9.97 Å². The molecule has 0 radical (unpaired) electrons. The van der Waals surface area contributed by atoms with E-state index in [9.17, 15) is 0 Å². The van der Waals surface area contributed by atoms with Crippen LogP contribution in [-0.2, 0) is 16.8 Å². The highest BCUT2D eigenvalue weighted by molar-refractivity contribution is 7.18. The molecule has 5 heteroatoms. The maximum Gasteiger partial charge on any atom is 0.163 e. The fourth-order valence-electron chi connectivity index (χ4n) is 3.30. The molecule has 114 valence electrons. The second-order valence-corrected chi connectivity index (χ2v) is 7.50. The minimum absolute atomic E-state index is 0.369. The molecule has 2 heterocycles. The molecule has 1 fully saturated rings. The Bertz CT molecular complexity index is 657. The van der Waals surface area contributed by atoms with Crippen molar-refractivity contribution in [3.8, 4) is 0 Å². The van der Waals surface area contributed by atoms with Crippen LogP contribution in [0, 0.1) is 5.92 Å². The topological polar surface area (TPSA) is 35.0 Å². The number of ether oxygens (including phenoxy) is 1. The van der Waals surface area contributed by atoms with Crippen molar-refractivity contribution >= 4 is 33.2 Å². The number of methoxy groups -OCH3 is 1. The molecule has 1 saturated carbocycles. The summed E-state index contributed by atoms with van der Waals surface area (Å²) in [4.78, 5) is 11.7. The van der Waals surface area contributed by atoms with Gasteiger partial charge in [-0.3, -0.25) is 0 Å². The molecule has 1 aliphatic carbocycles. The zero-order valence-corrected chi connectivity index (χ0v) is 14.4. The van der Waals surface area contributed by atoms with Crippen LogP contribution in [0.15, 0.2) is 6.07 Å². The molecule has 3 nitrogen and oxygen atoms in total. The third-order valence-corrected chi connectivity index (χ3v) is 5.96. The molecule has 0 aromatic carbocycles. The van der Waals surface area contributed by atoms with Crippen LogP contribution in [0.2, 0.25) is 5.15 Å². The van der Waals surface area contributed by atoms with Gasteiger partial charge in [0.05, 0.1) is 0 Å². The Morgan fingerprint density at radius 3 is 2.95 bits per heavy atom. The van der Waals surface area contributed by atoms with Crippen molar-refractivity contribution < 1.29 is 4.74 Å². The van der Waals surface area contributed by atoms with Gasteiger partial charge in [0.1, 0.15) is 15.6 Å².